The van der Waals surface area contributed by atoms with Crippen LogP contribution in [-0.4, -0.2) is 37.0 Å². The van der Waals surface area contributed by atoms with Gasteiger partial charge in [0.1, 0.15) is 0 Å². The number of halogens is 1. The fraction of sp³-hybridized carbons (Fsp3) is 0.409. The molecule has 1 saturated heterocycles. The van der Waals surface area contributed by atoms with E-state index in [1.165, 1.54) is 11.1 Å². The van der Waals surface area contributed by atoms with Crippen LogP contribution in [0, 0.1) is 0 Å². The van der Waals surface area contributed by atoms with E-state index in [0.29, 0.717) is 18.4 Å². The molecular weight excluding hydrogens is 344 g/mol. The summed E-state index contributed by atoms with van der Waals surface area (Å²) in [6.45, 7) is 1.74. The van der Waals surface area contributed by atoms with Gasteiger partial charge in [-0.25, -0.2) is 0 Å². The summed E-state index contributed by atoms with van der Waals surface area (Å²) in [5.74, 6) is 0.525. The van der Waals surface area contributed by atoms with Crippen LogP contribution in [0.4, 0.5) is 0 Å². The number of amides is 1. The van der Waals surface area contributed by atoms with E-state index in [9.17, 15) is 4.79 Å². The molecule has 3 rings (SSSR count). The van der Waals surface area contributed by atoms with Gasteiger partial charge in [-0.3, -0.25) is 4.79 Å². The Labute approximate surface area is 163 Å². The molecule has 0 radical (unpaired) electrons. The summed E-state index contributed by atoms with van der Waals surface area (Å²) in [5, 5.41) is 3.32. The molecule has 2 aromatic rings. The predicted octanol–water partition coefficient (Wildman–Crippen LogP) is 4.04. The number of benzene rings is 2. The Kier molecular flexibility index (Phi) is 8.14. The summed E-state index contributed by atoms with van der Waals surface area (Å²) in [6.07, 6.45) is 3.60. The van der Waals surface area contributed by atoms with Gasteiger partial charge in [-0.2, -0.15) is 0 Å². The molecule has 0 aliphatic carbocycles. The second-order valence-corrected chi connectivity index (χ2v) is 6.95. The van der Waals surface area contributed by atoms with Gasteiger partial charge in [0.2, 0.25) is 5.91 Å². The van der Waals surface area contributed by atoms with Gasteiger partial charge in [-0.05, 0) is 43.4 Å². The van der Waals surface area contributed by atoms with E-state index in [-0.39, 0.29) is 18.3 Å². The van der Waals surface area contributed by atoms with Crippen LogP contribution in [0.1, 0.15) is 36.3 Å². The summed E-state index contributed by atoms with van der Waals surface area (Å²) in [6, 6.07) is 21.5. The average Bonchev–Trinajstić information content (AvgIpc) is 2.69. The van der Waals surface area contributed by atoms with Gasteiger partial charge < -0.3 is 10.2 Å². The van der Waals surface area contributed by atoms with Crippen LogP contribution >= 0.6 is 12.4 Å². The molecule has 1 aliphatic rings. The van der Waals surface area contributed by atoms with Gasteiger partial charge in [-0.15, -0.1) is 12.4 Å². The lowest BCUT2D eigenvalue weighted by Gasteiger charge is -2.33. The number of nitrogens with zero attached hydrogens (tertiary/aromatic N) is 1. The average molecular weight is 373 g/mol. The molecule has 2 aromatic carbocycles. The molecule has 0 saturated carbocycles. The maximum Gasteiger partial charge on any atom is 0.223 e. The van der Waals surface area contributed by atoms with E-state index in [4.69, 9.17) is 0 Å². The first kappa shape index (κ1) is 20.5. The van der Waals surface area contributed by atoms with E-state index in [1.54, 1.807) is 0 Å². The molecule has 1 fully saturated rings. The summed E-state index contributed by atoms with van der Waals surface area (Å²) in [5.41, 5.74) is 2.54. The standard InChI is InChI=1S/C22H28N2O.ClH/c1-23-21-12-14-24(15-13-21)22(25)17-20(19-10-6-3-7-11-19)16-18-8-4-2-5-9-18;/h2-11,20-21,23H,12-17H2,1H3;1H. The van der Waals surface area contributed by atoms with Crippen LogP contribution in [0.3, 0.4) is 0 Å². The quantitative estimate of drug-likeness (QED) is 0.830. The lowest BCUT2D eigenvalue weighted by Crippen LogP contribution is -2.44. The minimum Gasteiger partial charge on any atom is -0.343 e. The molecule has 0 spiro atoms. The summed E-state index contributed by atoms with van der Waals surface area (Å²) in [7, 11) is 2.01. The minimum atomic E-state index is 0. The molecule has 1 N–H and O–H groups in total. The fourth-order valence-electron chi connectivity index (χ4n) is 3.69. The first-order valence-electron chi connectivity index (χ1n) is 9.30. The molecule has 0 aromatic heterocycles. The van der Waals surface area contributed by atoms with E-state index in [0.717, 1.165) is 32.4 Å². The van der Waals surface area contributed by atoms with Crippen LogP contribution in [0.15, 0.2) is 60.7 Å². The highest BCUT2D eigenvalue weighted by atomic mass is 35.5. The monoisotopic (exact) mass is 372 g/mol. The third-order valence-corrected chi connectivity index (χ3v) is 5.27. The fourth-order valence-corrected chi connectivity index (χ4v) is 3.69. The van der Waals surface area contributed by atoms with Crippen LogP contribution in [-0.2, 0) is 11.2 Å². The Bertz CT molecular complexity index is 654. The van der Waals surface area contributed by atoms with Gasteiger partial charge in [0.15, 0.2) is 0 Å². The Hall–Kier alpha value is -1.84. The number of hydrogen-bond donors (Lipinski definition) is 1. The highest BCUT2D eigenvalue weighted by Crippen LogP contribution is 2.26. The zero-order valence-corrected chi connectivity index (χ0v) is 16.3. The van der Waals surface area contributed by atoms with Gasteiger partial charge in [0, 0.05) is 25.6 Å². The molecule has 1 aliphatic heterocycles. The Balaban J connectivity index is 0.00000243. The van der Waals surface area contributed by atoms with Crippen LogP contribution < -0.4 is 5.32 Å². The van der Waals surface area contributed by atoms with Crippen molar-refractivity contribution in [3.05, 3.63) is 71.8 Å². The van der Waals surface area contributed by atoms with Crippen LogP contribution in [0.2, 0.25) is 0 Å². The molecule has 4 heteroatoms. The topological polar surface area (TPSA) is 32.3 Å². The molecule has 0 bridgehead atoms. The van der Waals surface area contributed by atoms with Crippen molar-refractivity contribution in [3.63, 3.8) is 0 Å². The normalized spacial score (nSPS) is 16.0. The van der Waals surface area contributed by atoms with Crippen molar-refractivity contribution in [2.75, 3.05) is 20.1 Å². The lowest BCUT2D eigenvalue weighted by atomic mass is 9.88. The second-order valence-electron chi connectivity index (χ2n) is 6.95. The van der Waals surface area contributed by atoms with E-state index in [1.807, 2.05) is 19.2 Å². The van der Waals surface area contributed by atoms with Crippen molar-refractivity contribution < 1.29 is 4.79 Å². The Morgan fingerprint density at radius 3 is 2.19 bits per heavy atom. The smallest absolute Gasteiger partial charge is 0.223 e. The SMILES string of the molecule is CNC1CCN(C(=O)CC(Cc2ccccc2)c2ccccc2)CC1.Cl. The maximum absolute atomic E-state index is 12.9. The summed E-state index contributed by atoms with van der Waals surface area (Å²) >= 11 is 0. The lowest BCUT2D eigenvalue weighted by molar-refractivity contribution is -0.132. The van der Waals surface area contributed by atoms with Crippen molar-refractivity contribution in [2.24, 2.45) is 0 Å². The Morgan fingerprint density at radius 2 is 1.62 bits per heavy atom. The highest BCUT2D eigenvalue weighted by Gasteiger charge is 2.24. The Morgan fingerprint density at radius 1 is 1.04 bits per heavy atom. The number of nitrogens with one attached hydrogen (secondary N) is 1. The number of hydrogen-bond acceptors (Lipinski definition) is 2. The molecule has 1 amide bonds. The van der Waals surface area contributed by atoms with Gasteiger partial charge in [-0.1, -0.05) is 60.7 Å². The predicted molar refractivity (Wildman–Crippen MR) is 110 cm³/mol. The van der Waals surface area contributed by atoms with Gasteiger partial charge in [0.25, 0.3) is 0 Å². The number of piperidine rings is 1. The molecule has 1 heterocycles. The molecular formula is C22H29ClN2O. The van der Waals surface area contributed by atoms with Crippen molar-refractivity contribution in [3.8, 4) is 0 Å². The second kappa shape index (κ2) is 10.3. The zero-order valence-electron chi connectivity index (χ0n) is 15.4. The maximum atomic E-state index is 12.9. The van der Waals surface area contributed by atoms with E-state index < -0.39 is 0 Å². The van der Waals surface area contributed by atoms with Crippen LogP contribution in [0.25, 0.3) is 0 Å². The van der Waals surface area contributed by atoms with Crippen molar-refractivity contribution in [1.29, 1.82) is 0 Å². The molecule has 3 nitrogen and oxygen atoms in total. The molecule has 1 unspecified atom stereocenters. The minimum absolute atomic E-state index is 0. The largest absolute Gasteiger partial charge is 0.343 e. The van der Waals surface area contributed by atoms with Gasteiger partial charge >= 0.3 is 0 Å². The molecule has 140 valence electrons. The zero-order chi connectivity index (χ0) is 17.5. The van der Waals surface area contributed by atoms with Crippen molar-refractivity contribution >= 4 is 18.3 Å². The molecule has 26 heavy (non-hydrogen) atoms. The number of carbonyl (C=O) groups is 1. The highest BCUT2D eigenvalue weighted by molar-refractivity contribution is 5.85. The number of likely N-dealkylation sites (tertiary alicyclic amines) is 1. The summed E-state index contributed by atoms with van der Waals surface area (Å²) in [4.78, 5) is 14.9. The number of rotatable bonds is 6. The third kappa shape index (κ3) is 5.58. The van der Waals surface area contributed by atoms with Crippen LogP contribution in [0.5, 0.6) is 0 Å². The first-order valence-corrected chi connectivity index (χ1v) is 9.30. The first-order chi connectivity index (χ1) is 12.3. The molecule has 1 atom stereocenters. The van der Waals surface area contributed by atoms with Gasteiger partial charge in [0.05, 0.1) is 0 Å². The van der Waals surface area contributed by atoms with E-state index in [2.05, 4.69) is 58.7 Å². The third-order valence-electron chi connectivity index (χ3n) is 5.27. The summed E-state index contributed by atoms with van der Waals surface area (Å²) < 4.78 is 0. The van der Waals surface area contributed by atoms with Crippen molar-refractivity contribution in [2.45, 2.75) is 37.6 Å². The van der Waals surface area contributed by atoms with Crippen molar-refractivity contribution in [1.82, 2.24) is 10.2 Å². The number of carbonyl (C=O) groups excluding carboxylic acids is 1. The van der Waals surface area contributed by atoms with E-state index >= 15 is 0 Å².